The summed E-state index contributed by atoms with van der Waals surface area (Å²) in [6.07, 6.45) is 1.70. The van der Waals surface area contributed by atoms with E-state index in [9.17, 15) is 0 Å². The Morgan fingerprint density at radius 1 is 1.12 bits per heavy atom. The monoisotopic (exact) mass is 341 g/mol. The lowest BCUT2D eigenvalue weighted by molar-refractivity contribution is 0.343. The molecule has 0 atom stereocenters. The molecule has 0 saturated carbocycles. The summed E-state index contributed by atoms with van der Waals surface area (Å²) in [4.78, 5) is 0. The summed E-state index contributed by atoms with van der Waals surface area (Å²) in [6, 6.07) is 15.9. The third-order valence-corrected chi connectivity index (χ3v) is 4.34. The van der Waals surface area contributed by atoms with Crippen molar-refractivity contribution in [2.45, 2.75) is 12.1 Å². The average Bonchev–Trinajstić information content (AvgIpc) is 3.07. The fourth-order valence-corrected chi connectivity index (χ4v) is 3.05. The maximum Gasteiger partial charge on any atom is 0.195 e. The lowest BCUT2D eigenvalue weighted by atomic mass is 10.2. The smallest absolute Gasteiger partial charge is 0.195 e. The molecule has 0 aliphatic rings. The number of aromatic nitrogens is 3. The molecule has 0 aliphatic heterocycles. The van der Waals surface area contributed by atoms with Crippen LogP contribution in [0.5, 0.6) is 11.5 Å². The van der Waals surface area contributed by atoms with E-state index in [0.29, 0.717) is 6.61 Å². The third-order valence-electron chi connectivity index (χ3n) is 3.43. The molecule has 124 valence electrons. The first-order chi connectivity index (χ1) is 11.8. The fraction of sp³-hybridized carbons (Fsp3) is 0.222. The Hall–Kier alpha value is -2.47. The fourth-order valence-electron chi connectivity index (χ4n) is 2.31. The Bertz CT molecular complexity index is 804. The molecular weight excluding hydrogens is 322 g/mol. The van der Waals surface area contributed by atoms with Crippen molar-refractivity contribution in [3.63, 3.8) is 0 Å². The number of thioether (sulfide) groups is 1. The summed E-state index contributed by atoms with van der Waals surface area (Å²) in [6.45, 7) is 2.66. The van der Waals surface area contributed by atoms with E-state index in [1.165, 1.54) is 5.56 Å². The van der Waals surface area contributed by atoms with E-state index in [1.807, 2.05) is 47.0 Å². The Balaban J connectivity index is 1.62. The van der Waals surface area contributed by atoms with Gasteiger partial charge in [-0.3, -0.25) is 4.57 Å². The Labute approximate surface area is 145 Å². The molecule has 0 radical (unpaired) electrons. The van der Waals surface area contributed by atoms with Gasteiger partial charge in [-0.2, -0.15) is 0 Å². The third kappa shape index (κ3) is 3.89. The average molecular weight is 341 g/mol. The molecule has 3 aromatic rings. The van der Waals surface area contributed by atoms with Crippen LogP contribution in [0.1, 0.15) is 5.56 Å². The first-order valence-electron chi connectivity index (χ1n) is 7.63. The molecule has 0 spiro atoms. The number of benzene rings is 2. The molecule has 0 N–H and O–H groups in total. The second-order valence-corrected chi connectivity index (χ2v) is 6.23. The summed E-state index contributed by atoms with van der Waals surface area (Å²) in [5.74, 6) is 2.46. The van der Waals surface area contributed by atoms with Crippen molar-refractivity contribution in [3.05, 3.63) is 60.4 Å². The van der Waals surface area contributed by atoms with E-state index < -0.39 is 0 Å². The molecular formula is C18H19N3O2S. The number of aryl methyl sites for hydroxylation is 1. The molecule has 3 rings (SSSR count). The van der Waals surface area contributed by atoms with Gasteiger partial charge in [0.15, 0.2) is 5.16 Å². The van der Waals surface area contributed by atoms with E-state index in [2.05, 4.69) is 23.2 Å². The zero-order chi connectivity index (χ0) is 16.8. The SMILES string of the molecule is COc1ccccc1-n1cnnc1SCCOc1cccc(C)c1. The van der Waals surface area contributed by atoms with Gasteiger partial charge < -0.3 is 9.47 Å². The minimum absolute atomic E-state index is 0.604. The van der Waals surface area contributed by atoms with Crippen LogP contribution in [0.25, 0.3) is 5.69 Å². The molecule has 0 unspecified atom stereocenters. The quantitative estimate of drug-likeness (QED) is 0.484. The lowest BCUT2D eigenvalue weighted by Gasteiger charge is -2.11. The predicted octanol–water partition coefficient (Wildman–Crippen LogP) is 3.76. The molecule has 0 aliphatic carbocycles. The van der Waals surface area contributed by atoms with Crippen molar-refractivity contribution in [1.29, 1.82) is 0 Å². The highest BCUT2D eigenvalue weighted by atomic mass is 32.2. The van der Waals surface area contributed by atoms with E-state index in [-0.39, 0.29) is 0 Å². The minimum atomic E-state index is 0.604. The van der Waals surface area contributed by atoms with Crippen molar-refractivity contribution in [2.24, 2.45) is 0 Å². The Morgan fingerprint density at radius 2 is 2.00 bits per heavy atom. The van der Waals surface area contributed by atoms with Crippen molar-refractivity contribution >= 4 is 11.8 Å². The Morgan fingerprint density at radius 3 is 2.83 bits per heavy atom. The van der Waals surface area contributed by atoms with Gasteiger partial charge in [0, 0.05) is 5.75 Å². The molecule has 0 saturated heterocycles. The summed E-state index contributed by atoms with van der Waals surface area (Å²) in [7, 11) is 1.66. The molecule has 1 aromatic heterocycles. The first kappa shape index (κ1) is 16.4. The molecule has 5 nitrogen and oxygen atoms in total. The maximum atomic E-state index is 5.77. The van der Waals surface area contributed by atoms with Crippen molar-refractivity contribution in [3.8, 4) is 17.2 Å². The van der Waals surface area contributed by atoms with Gasteiger partial charge in [-0.1, -0.05) is 36.0 Å². The number of hydrogen-bond acceptors (Lipinski definition) is 5. The van der Waals surface area contributed by atoms with Gasteiger partial charge in [0.1, 0.15) is 17.8 Å². The maximum absolute atomic E-state index is 5.77. The molecule has 6 heteroatoms. The zero-order valence-electron chi connectivity index (χ0n) is 13.7. The van der Waals surface area contributed by atoms with Gasteiger partial charge in [0.25, 0.3) is 0 Å². The van der Waals surface area contributed by atoms with Crippen molar-refractivity contribution in [1.82, 2.24) is 14.8 Å². The number of nitrogens with zero attached hydrogens (tertiary/aromatic N) is 3. The number of hydrogen-bond donors (Lipinski definition) is 0. The number of ether oxygens (including phenoxy) is 2. The number of rotatable bonds is 7. The van der Waals surface area contributed by atoms with Crippen LogP contribution >= 0.6 is 11.8 Å². The summed E-state index contributed by atoms with van der Waals surface area (Å²) in [5, 5.41) is 9.02. The van der Waals surface area contributed by atoms with Crippen LogP contribution in [0.4, 0.5) is 0 Å². The van der Waals surface area contributed by atoms with Crippen LogP contribution in [0, 0.1) is 6.92 Å². The minimum Gasteiger partial charge on any atom is -0.495 e. The summed E-state index contributed by atoms with van der Waals surface area (Å²) < 4.78 is 13.1. The van der Waals surface area contributed by atoms with E-state index in [4.69, 9.17) is 9.47 Å². The van der Waals surface area contributed by atoms with Crippen LogP contribution in [0.2, 0.25) is 0 Å². The predicted molar refractivity (Wildman–Crippen MR) is 95.3 cm³/mol. The normalized spacial score (nSPS) is 10.6. The molecule has 0 fully saturated rings. The van der Waals surface area contributed by atoms with Gasteiger partial charge in [0.05, 0.1) is 19.4 Å². The van der Waals surface area contributed by atoms with Crippen LogP contribution in [-0.4, -0.2) is 34.2 Å². The van der Waals surface area contributed by atoms with Gasteiger partial charge >= 0.3 is 0 Å². The molecule has 2 aromatic carbocycles. The highest BCUT2D eigenvalue weighted by Gasteiger charge is 2.11. The molecule has 1 heterocycles. The van der Waals surface area contributed by atoms with Gasteiger partial charge in [-0.05, 0) is 36.8 Å². The van der Waals surface area contributed by atoms with Gasteiger partial charge in [-0.15, -0.1) is 10.2 Å². The van der Waals surface area contributed by atoms with Gasteiger partial charge in [0.2, 0.25) is 0 Å². The zero-order valence-corrected chi connectivity index (χ0v) is 14.5. The van der Waals surface area contributed by atoms with Crippen LogP contribution in [-0.2, 0) is 0 Å². The van der Waals surface area contributed by atoms with Crippen LogP contribution in [0.15, 0.2) is 60.0 Å². The van der Waals surface area contributed by atoms with Crippen molar-refractivity contribution < 1.29 is 9.47 Å². The highest BCUT2D eigenvalue weighted by Crippen LogP contribution is 2.26. The second-order valence-electron chi connectivity index (χ2n) is 5.17. The summed E-state index contributed by atoms with van der Waals surface area (Å²) >= 11 is 1.60. The highest BCUT2D eigenvalue weighted by molar-refractivity contribution is 7.99. The van der Waals surface area contributed by atoms with E-state index >= 15 is 0 Å². The molecule has 0 amide bonds. The Kier molecular flexibility index (Phi) is 5.38. The van der Waals surface area contributed by atoms with E-state index in [0.717, 1.165) is 28.1 Å². The van der Waals surface area contributed by atoms with E-state index in [1.54, 1.807) is 25.2 Å². The summed E-state index contributed by atoms with van der Waals surface area (Å²) in [5.41, 5.74) is 2.11. The van der Waals surface area contributed by atoms with Crippen LogP contribution < -0.4 is 9.47 Å². The number of methoxy groups -OCH3 is 1. The topological polar surface area (TPSA) is 49.2 Å². The lowest BCUT2D eigenvalue weighted by Crippen LogP contribution is -2.03. The molecule has 0 bridgehead atoms. The standard InChI is InChI=1S/C18H19N3O2S/c1-14-6-5-7-15(12-14)23-10-11-24-18-20-19-13-21(18)16-8-3-4-9-17(16)22-2/h3-9,12-13H,10-11H2,1-2H3. The second kappa shape index (κ2) is 7.88. The van der Waals surface area contributed by atoms with Gasteiger partial charge in [-0.25, -0.2) is 0 Å². The molecule has 24 heavy (non-hydrogen) atoms. The first-order valence-corrected chi connectivity index (χ1v) is 8.62. The number of para-hydroxylation sites is 2. The van der Waals surface area contributed by atoms with Crippen molar-refractivity contribution in [2.75, 3.05) is 19.5 Å². The largest absolute Gasteiger partial charge is 0.495 e. The van der Waals surface area contributed by atoms with Crippen LogP contribution in [0.3, 0.4) is 0 Å².